The molecule has 5 heterocycles. The number of H-pyrrole nitrogens is 1. The molecule has 0 aliphatic carbocycles. The van der Waals surface area contributed by atoms with E-state index in [4.69, 9.17) is 30.9 Å². The Morgan fingerprint density at radius 2 is 1.69 bits per heavy atom. The molecule has 2 fully saturated rings. The number of halogens is 2. The number of ether oxygens (including phenoxy) is 3. The molecule has 0 bridgehead atoms. The number of imidazole rings is 1. The van der Waals surface area contributed by atoms with Crippen molar-refractivity contribution in [2.75, 3.05) is 45.9 Å². The average Bonchev–Trinajstić information content (AvgIpc) is 3.97. The monoisotopic (exact) mass is 1030 g/mol. The van der Waals surface area contributed by atoms with Gasteiger partial charge in [-0.2, -0.15) is 5.10 Å². The summed E-state index contributed by atoms with van der Waals surface area (Å²) in [5, 5.41) is 12.7. The van der Waals surface area contributed by atoms with E-state index in [1.165, 1.54) is 12.1 Å². The number of hydrogen-bond donors (Lipinski definition) is 3. The average molecular weight is 1030 g/mol. The Labute approximate surface area is 432 Å². The first-order valence-corrected chi connectivity index (χ1v) is 25.4. The summed E-state index contributed by atoms with van der Waals surface area (Å²) in [6, 6.07) is 16.4. The number of piperazine rings is 1. The van der Waals surface area contributed by atoms with Gasteiger partial charge in [0.05, 0.1) is 46.9 Å². The second-order valence-electron chi connectivity index (χ2n) is 20.0. The van der Waals surface area contributed by atoms with E-state index >= 15 is 0 Å². The molecule has 7 aromatic rings. The molecule has 19 heteroatoms. The highest BCUT2D eigenvalue weighted by Crippen LogP contribution is 2.43. The van der Waals surface area contributed by atoms with Crippen molar-refractivity contribution in [3.63, 3.8) is 0 Å². The molecular formula is C55H61ClFN9O8. The fourth-order valence-corrected chi connectivity index (χ4v) is 10.3. The van der Waals surface area contributed by atoms with Crippen LogP contribution in [0.2, 0.25) is 5.02 Å². The SMILES string of the molecule is Cc1nc2c(C(=O)NC3CCC(=O)NC3=O)cc(OCCC(=O)N3CCN(CCn4c(C(=O)OC(C)(C)C)c(CCCOc5cccc6cc(F)ccc56)c5ccc(Cl)c(-c6c(C)nn(C)c6C)c54)CC3)cc2[nH]1. The van der Waals surface area contributed by atoms with Crippen LogP contribution in [0.3, 0.4) is 0 Å². The lowest BCUT2D eigenvalue weighted by Gasteiger charge is -2.35. The van der Waals surface area contributed by atoms with Gasteiger partial charge in [-0.05, 0) is 108 Å². The molecule has 2 saturated heterocycles. The number of amides is 4. The number of esters is 1. The normalized spacial score (nSPS) is 15.5. The lowest BCUT2D eigenvalue weighted by molar-refractivity contribution is -0.135. The van der Waals surface area contributed by atoms with Crippen molar-refractivity contribution >= 4 is 73.9 Å². The topological polar surface area (TPSA) is 195 Å². The van der Waals surface area contributed by atoms with Crippen molar-refractivity contribution in [3.05, 3.63) is 106 Å². The minimum absolute atomic E-state index is 0.0552. The van der Waals surface area contributed by atoms with Gasteiger partial charge in [0.2, 0.25) is 17.7 Å². The Morgan fingerprint density at radius 3 is 2.42 bits per heavy atom. The number of aromatic amines is 1. The molecule has 17 nitrogen and oxygen atoms in total. The number of fused-ring (bicyclic) bond motifs is 3. The summed E-state index contributed by atoms with van der Waals surface area (Å²) in [6.45, 7) is 14.8. The highest BCUT2D eigenvalue weighted by molar-refractivity contribution is 6.35. The standard InChI is InChI=1S/C55H61ClFN9O8/c1-31-47(32(2)63(7)62-31)48-41(56)16-15-39-38(11-9-26-73-44-12-8-10-34-28-35(57)13-14-37(34)44)51(54(71)74-55(4,5)6)66(50(39)48)25-22-64-20-23-65(24-21-64)46(68)19-27-72-36-29-40(49-43(30-36)58-33(3)59-49)52(69)60-42-17-18-45(67)61-53(42)70/h8,10,12-16,28-30,42H,9,11,17-27H2,1-7H3,(H,58,59)(H,60,69)(H,61,67,70). The number of aromatic nitrogens is 5. The maximum atomic E-state index is 14.6. The summed E-state index contributed by atoms with van der Waals surface area (Å²) in [4.78, 5) is 77.5. The fourth-order valence-electron chi connectivity index (χ4n) is 10.1. The number of carbonyl (C=O) groups is 5. The first-order chi connectivity index (χ1) is 35.3. The number of nitrogens with one attached hydrogen (secondary N) is 3. The highest BCUT2D eigenvalue weighted by Gasteiger charge is 2.33. The fraction of sp³-hybridized carbons (Fsp3) is 0.400. The van der Waals surface area contributed by atoms with Gasteiger partial charge in [-0.15, -0.1) is 0 Å². The van der Waals surface area contributed by atoms with Gasteiger partial charge in [0, 0.05) is 86.4 Å². The van der Waals surface area contributed by atoms with Crippen molar-refractivity contribution in [2.45, 2.75) is 91.8 Å². The van der Waals surface area contributed by atoms with Crippen LogP contribution in [0.15, 0.2) is 60.7 Å². The van der Waals surface area contributed by atoms with Gasteiger partial charge in [-0.3, -0.25) is 34.1 Å². The number of aryl methyl sites for hydroxylation is 4. The smallest absolute Gasteiger partial charge is 0.355 e. The predicted molar refractivity (Wildman–Crippen MR) is 279 cm³/mol. The number of benzene rings is 4. The number of hydrogen-bond acceptors (Lipinski definition) is 11. The van der Waals surface area contributed by atoms with E-state index in [2.05, 4.69) is 30.1 Å². The van der Waals surface area contributed by atoms with Crippen LogP contribution in [0.4, 0.5) is 4.39 Å². The molecular weight excluding hydrogens is 969 g/mol. The molecule has 3 N–H and O–H groups in total. The zero-order valence-electron chi connectivity index (χ0n) is 42.7. The van der Waals surface area contributed by atoms with Crippen molar-refractivity contribution < 1.29 is 42.6 Å². The van der Waals surface area contributed by atoms with Crippen LogP contribution in [0.1, 0.15) is 90.1 Å². The van der Waals surface area contributed by atoms with Crippen LogP contribution in [-0.4, -0.2) is 121 Å². The van der Waals surface area contributed by atoms with E-state index in [1.54, 1.807) is 25.1 Å². The van der Waals surface area contributed by atoms with Gasteiger partial charge in [0.1, 0.15) is 46.0 Å². The summed E-state index contributed by atoms with van der Waals surface area (Å²) < 4.78 is 36.5. The summed E-state index contributed by atoms with van der Waals surface area (Å²) in [7, 11) is 1.90. The van der Waals surface area contributed by atoms with Crippen molar-refractivity contribution in [1.29, 1.82) is 0 Å². The highest BCUT2D eigenvalue weighted by atomic mass is 35.5. The third kappa shape index (κ3) is 11.0. The van der Waals surface area contributed by atoms with Crippen LogP contribution < -0.4 is 20.1 Å². The molecule has 2 aliphatic heterocycles. The van der Waals surface area contributed by atoms with Gasteiger partial charge in [-0.1, -0.05) is 29.8 Å². The lowest BCUT2D eigenvalue weighted by atomic mass is 9.98. The second-order valence-corrected chi connectivity index (χ2v) is 20.4. The summed E-state index contributed by atoms with van der Waals surface area (Å²) in [6.07, 6.45) is 1.43. The molecule has 0 spiro atoms. The van der Waals surface area contributed by atoms with Gasteiger partial charge in [-0.25, -0.2) is 14.2 Å². The maximum absolute atomic E-state index is 14.6. The first kappa shape index (κ1) is 51.6. The predicted octanol–water partition coefficient (Wildman–Crippen LogP) is 7.90. The number of nitrogens with zero attached hydrogens (tertiary/aromatic N) is 6. The van der Waals surface area contributed by atoms with Crippen LogP contribution in [0.25, 0.3) is 43.8 Å². The van der Waals surface area contributed by atoms with Gasteiger partial charge in [0.25, 0.3) is 5.91 Å². The number of piperidine rings is 1. The van der Waals surface area contributed by atoms with Crippen molar-refractivity contribution in [1.82, 2.24) is 44.7 Å². The molecule has 74 heavy (non-hydrogen) atoms. The summed E-state index contributed by atoms with van der Waals surface area (Å²) in [5.41, 5.74) is 5.84. The van der Waals surface area contributed by atoms with Crippen LogP contribution in [0, 0.1) is 26.6 Å². The maximum Gasteiger partial charge on any atom is 0.355 e. The number of imide groups is 1. The van der Waals surface area contributed by atoms with E-state index in [-0.39, 0.29) is 49.1 Å². The number of rotatable bonds is 16. The number of carbonyl (C=O) groups excluding carboxylic acids is 5. The molecule has 1 atom stereocenters. The van der Waals surface area contributed by atoms with Crippen molar-refractivity contribution in [3.8, 4) is 22.6 Å². The lowest BCUT2D eigenvalue weighted by Crippen LogP contribution is -2.52. The molecule has 388 valence electrons. The van der Waals surface area contributed by atoms with Gasteiger partial charge >= 0.3 is 5.97 Å². The molecule has 3 aromatic heterocycles. The van der Waals surface area contributed by atoms with Crippen LogP contribution in [0.5, 0.6) is 11.5 Å². The van der Waals surface area contributed by atoms with E-state index in [1.807, 2.05) is 81.6 Å². The first-order valence-electron chi connectivity index (χ1n) is 25.0. The molecule has 9 rings (SSSR count). The Kier molecular flexibility index (Phi) is 14.8. The summed E-state index contributed by atoms with van der Waals surface area (Å²) >= 11 is 7.20. The Hall–Kier alpha value is -7.31. The van der Waals surface area contributed by atoms with Crippen LogP contribution >= 0.6 is 11.6 Å². The van der Waals surface area contributed by atoms with E-state index in [9.17, 15) is 28.4 Å². The zero-order chi connectivity index (χ0) is 52.6. The summed E-state index contributed by atoms with van der Waals surface area (Å²) in [5.74, 6) is -0.751. The van der Waals surface area contributed by atoms with Gasteiger partial charge < -0.3 is 34.0 Å². The third-order valence-corrected chi connectivity index (χ3v) is 14.0. The third-order valence-electron chi connectivity index (χ3n) is 13.7. The quantitative estimate of drug-likeness (QED) is 0.0484. The minimum Gasteiger partial charge on any atom is -0.493 e. The Balaban J connectivity index is 0.909. The van der Waals surface area contributed by atoms with E-state index < -0.39 is 29.4 Å². The second kappa shape index (κ2) is 21.3. The largest absolute Gasteiger partial charge is 0.493 e. The Morgan fingerprint density at radius 1 is 0.919 bits per heavy atom. The minimum atomic E-state index is -0.868. The molecule has 4 amide bonds. The molecule has 2 aliphatic rings. The van der Waals surface area contributed by atoms with E-state index in [0.29, 0.717) is 97.8 Å². The van der Waals surface area contributed by atoms with Gasteiger partial charge in [0.15, 0.2) is 0 Å². The molecule has 1 unspecified atom stereocenters. The molecule has 0 saturated carbocycles. The molecule has 0 radical (unpaired) electrons. The van der Waals surface area contributed by atoms with Crippen molar-refractivity contribution in [2.24, 2.45) is 7.05 Å². The zero-order valence-corrected chi connectivity index (χ0v) is 43.5. The Bertz CT molecular complexity index is 3350. The van der Waals surface area contributed by atoms with E-state index in [0.717, 1.165) is 49.8 Å². The molecule has 4 aromatic carbocycles. The van der Waals surface area contributed by atoms with Crippen LogP contribution in [-0.2, 0) is 39.1 Å².